The number of carbonyl (C=O) groups excluding carboxylic acids is 2. The van der Waals surface area contributed by atoms with E-state index < -0.39 is 47.4 Å². The second-order valence-corrected chi connectivity index (χ2v) is 14.4. The molecule has 0 spiro atoms. The van der Waals surface area contributed by atoms with Crippen molar-refractivity contribution in [3.63, 3.8) is 0 Å². The van der Waals surface area contributed by atoms with Gasteiger partial charge in [0.2, 0.25) is 11.8 Å². The summed E-state index contributed by atoms with van der Waals surface area (Å²) < 4.78 is 11.8. The Kier molecular flexibility index (Phi) is 13.6. The Morgan fingerprint density at radius 1 is 0.519 bits per heavy atom. The monoisotopic (exact) mass is 742 g/mol. The summed E-state index contributed by atoms with van der Waals surface area (Å²) in [7, 11) is 0. The van der Waals surface area contributed by atoms with Crippen LogP contribution in [0.2, 0.25) is 0 Å². The lowest BCUT2D eigenvalue weighted by molar-refractivity contribution is -0.187. The number of aliphatic carboxylic acids is 2. The summed E-state index contributed by atoms with van der Waals surface area (Å²) in [6.45, 7) is 0.884. The summed E-state index contributed by atoms with van der Waals surface area (Å²) in [5, 5.41) is 20.5. The third-order valence-corrected chi connectivity index (χ3v) is 10.2. The van der Waals surface area contributed by atoms with Gasteiger partial charge in [0.05, 0.1) is 23.7 Å². The lowest BCUT2D eigenvalue weighted by atomic mass is 9.55. The van der Waals surface area contributed by atoms with Crippen molar-refractivity contribution >= 4 is 47.3 Å². The summed E-state index contributed by atoms with van der Waals surface area (Å²) in [4.78, 5) is 57.0. The van der Waals surface area contributed by atoms with Crippen LogP contribution in [0.1, 0.15) is 11.1 Å². The number of amides is 2. The first-order chi connectivity index (χ1) is 25.2. The van der Waals surface area contributed by atoms with Crippen molar-refractivity contribution in [3.8, 4) is 23.0 Å². The highest BCUT2D eigenvalue weighted by molar-refractivity contribution is 7.98. The van der Waals surface area contributed by atoms with Crippen molar-refractivity contribution < 1.29 is 38.9 Å². The zero-order valence-electron chi connectivity index (χ0n) is 29.0. The van der Waals surface area contributed by atoms with Crippen LogP contribution in [0.15, 0.2) is 109 Å². The first kappa shape index (κ1) is 38.3. The van der Waals surface area contributed by atoms with Crippen LogP contribution in [0.4, 0.5) is 0 Å². The average Bonchev–Trinajstić information content (AvgIpc) is 3.13. The van der Waals surface area contributed by atoms with E-state index in [1.807, 2.05) is 97.4 Å². The fraction of sp³-hybridized carbons (Fsp3) is 0.300. The molecule has 52 heavy (non-hydrogen) atoms. The average molecular weight is 743 g/mol. The SMILES string of the molecule is CSCCN(Cc1ccc(Oc2ccccc2)cc1)C(=O)[C@H]1[C@@H](C(=O)O)[C@H](C(=O)O)[C@@H]1C(=O)N(CCSC)Cc1ccc(Oc2ccccc2)cc1. The van der Waals surface area contributed by atoms with Gasteiger partial charge in [-0.15, -0.1) is 0 Å². The van der Waals surface area contributed by atoms with Crippen molar-refractivity contribution in [1.29, 1.82) is 0 Å². The molecule has 2 N–H and O–H groups in total. The molecule has 0 aliphatic heterocycles. The van der Waals surface area contributed by atoms with Gasteiger partial charge in [-0.2, -0.15) is 23.5 Å². The molecule has 0 saturated heterocycles. The molecule has 10 nitrogen and oxygen atoms in total. The van der Waals surface area contributed by atoms with Gasteiger partial charge >= 0.3 is 11.9 Å². The number of hydrogen-bond donors (Lipinski definition) is 2. The Morgan fingerprint density at radius 3 is 1.15 bits per heavy atom. The minimum absolute atomic E-state index is 0.153. The molecular weight excluding hydrogens is 701 g/mol. The predicted molar refractivity (Wildman–Crippen MR) is 203 cm³/mol. The van der Waals surface area contributed by atoms with E-state index in [9.17, 15) is 29.4 Å². The first-order valence-corrected chi connectivity index (χ1v) is 19.6. The molecule has 1 saturated carbocycles. The highest BCUT2D eigenvalue weighted by Crippen LogP contribution is 2.49. The number of hydrogen-bond acceptors (Lipinski definition) is 8. The maximum Gasteiger partial charge on any atom is 0.308 e. The normalized spacial score (nSPS) is 17.7. The van der Waals surface area contributed by atoms with Crippen molar-refractivity contribution in [1.82, 2.24) is 9.80 Å². The van der Waals surface area contributed by atoms with E-state index in [-0.39, 0.29) is 26.2 Å². The van der Waals surface area contributed by atoms with Crippen molar-refractivity contribution in [2.45, 2.75) is 13.1 Å². The Bertz CT molecular complexity index is 1660. The van der Waals surface area contributed by atoms with Gasteiger partial charge in [-0.25, -0.2) is 0 Å². The van der Waals surface area contributed by atoms with Crippen LogP contribution in [0.3, 0.4) is 0 Å². The molecule has 1 fully saturated rings. The van der Waals surface area contributed by atoms with E-state index in [1.54, 1.807) is 34.1 Å². The largest absolute Gasteiger partial charge is 0.481 e. The summed E-state index contributed by atoms with van der Waals surface area (Å²) in [5.74, 6) is -5.97. The lowest BCUT2D eigenvalue weighted by Crippen LogP contribution is -2.64. The van der Waals surface area contributed by atoms with Crippen LogP contribution < -0.4 is 9.47 Å². The number of thioether (sulfide) groups is 2. The Labute approximate surface area is 312 Å². The molecule has 0 radical (unpaired) electrons. The van der Waals surface area contributed by atoms with E-state index in [1.165, 1.54) is 23.5 Å². The van der Waals surface area contributed by atoms with Gasteiger partial charge < -0.3 is 29.5 Å². The molecule has 4 aromatic carbocycles. The molecular formula is C40H42N2O8S2. The number of para-hydroxylation sites is 2. The Morgan fingerprint density at radius 2 is 0.846 bits per heavy atom. The molecule has 0 heterocycles. The third kappa shape index (κ3) is 9.68. The van der Waals surface area contributed by atoms with Gasteiger partial charge in [-0.1, -0.05) is 60.7 Å². The topological polar surface area (TPSA) is 134 Å². The van der Waals surface area contributed by atoms with E-state index in [4.69, 9.17) is 9.47 Å². The number of carbonyl (C=O) groups is 4. The summed E-state index contributed by atoms with van der Waals surface area (Å²) in [5.41, 5.74) is 1.56. The maximum absolute atomic E-state index is 14.4. The number of nitrogens with zero attached hydrogens (tertiary/aromatic N) is 2. The van der Waals surface area contributed by atoms with Gasteiger partial charge in [0.1, 0.15) is 23.0 Å². The zero-order valence-corrected chi connectivity index (χ0v) is 30.6. The highest BCUT2D eigenvalue weighted by Gasteiger charge is 2.64. The fourth-order valence-electron chi connectivity index (χ4n) is 6.35. The fourth-order valence-corrected chi connectivity index (χ4v) is 7.16. The van der Waals surface area contributed by atoms with Crippen LogP contribution >= 0.6 is 23.5 Å². The third-order valence-electron chi connectivity index (χ3n) is 8.99. The number of ether oxygens (including phenoxy) is 2. The van der Waals surface area contributed by atoms with Crippen LogP contribution in [0.5, 0.6) is 23.0 Å². The van der Waals surface area contributed by atoms with Crippen LogP contribution in [-0.4, -0.2) is 80.9 Å². The van der Waals surface area contributed by atoms with Gasteiger partial charge in [-0.3, -0.25) is 19.2 Å². The van der Waals surface area contributed by atoms with E-state index in [0.717, 1.165) is 11.1 Å². The smallest absolute Gasteiger partial charge is 0.308 e. The number of carboxylic acid groups (broad SMARTS) is 2. The van der Waals surface area contributed by atoms with Gasteiger partial charge in [-0.05, 0) is 72.2 Å². The van der Waals surface area contributed by atoms with Gasteiger partial charge in [0.15, 0.2) is 0 Å². The van der Waals surface area contributed by atoms with Crippen molar-refractivity contribution in [3.05, 3.63) is 120 Å². The Hall–Kier alpha value is -4.94. The molecule has 1 aliphatic rings. The Balaban J connectivity index is 1.37. The number of benzene rings is 4. The minimum atomic E-state index is -1.55. The minimum Gasteiger partial charge on any atom is -0.481 e. The van der Waals surface area contributed by atoms with E-state index in [0.29, 0.717) is 34.5 Å². The quantitative estimate of drug-likeness (QED) is 0.110. The van der Waals surface area contributed by atoms with Gasteiger partial charge in [0.25, 0.3) is 0 Å². The van der Waals surface area contributed by atoms with Crippen molar-refractivity contribution in [2.24, 2.45) is 23.7 Å². The lowest BCUT2D eigenvalue weighted by Gasteiger charge is -2.48. The molecule has 5 rings (SSSR count). The van der Waals surface area contributed by atoms with Crippen LogP contribution in [0, 0.1) is 23.7 Å². The summed E-state index contributed by atoms with van der Waals surface area (Å²) in [6, 6.07) is 33.1. The number of carboxylic acids is 2. The first-order valence-electron chi connectivity index (χ1n) is 16.8. The molecule has 1 aliphatic carbocycles. The molecule has 0 unspecified atom stereocenters. The second kappa shape index (κ2) is 18.5. The van der Waals surface area contributed by atoms with E-state index >= 15 is 0 Å². The molecule has 272 valence electrons. The second-order valence-electron chi connectivity index (χ2n) is 12.4. The van der Waals surface area contributed by atoms with E-state index in [2.05, 4.69) is 0 Å². The standard InChI is InChI=1S/C40H42N2O8S2/c1-51-23-21-41(25-27-13-17-31(18-14-27)49-29-9-5-3-6-10-29)37(43)33-34(36(40(47)48)35(33)39(45)46)38(44)42(22-24-52-2)26-28-15-19-32(20-16-28)50-30-11-7-4-8-12-30/h3-20,33-36H,21-26H2,1-2H3,(H,45,46)(H,47,48)/t33-,34-,35-,36-/m1/s1. The van der Waals surface area contributed by atoms with Gasteiger partial charge in [0, 0.05) is 37.7 Å². The summed E-state index contributed by atoms with van der Waals surface area (Å²) >= 11 is 3.05. The molecule has 4 aromatic rings. The number of rotatable bonds is 18. The highest BCUT2D eigenvalue weighted by atomic mass is 32.2. The predicted octanol–water partition coefficient (Wildman–Crippen LogP) is 7.00. The zero-order chi connectivity index (χ0) is 37.0. The molecule has 4 atom stereocenters. The molecule has 0 bridgehead atoms. The van der Waals surface area contributed by atoms with Crippen molar-refractivity contribution in [2.75, 3.05) is 37.1 Å². The maximum atomic E-state index is 14.4. The molecule has 2 amide bonds. The summed E-state index contributed by atoms with van der Waals surface area (Å²) in [6.07, 6.45) is 3.80. The molecule has 12 heteroatoms. The molecule has 0 aromatic heterocycles. The van der Waals surface area contributed by atoms with Crippen LogP contribution in [-0.2, 0) is 32.3 Å². The van der Waals surface area contributed by atoms with Crippen LogP contribution in [0.25, 0.3) is 0 Å².